The third kappa shape index (κ3) is 7.94. The summed E-state index contributed by atoms with van der Waals surface area (Å²) in [5.74, 6) is 1.21. The van der Waals surface area contributed by atoms with E-state index in [0.29, 0.717) is 17.4 Å². The van der Waals surface area contributed by atoms with Crippen molar-refractivity contribution in [2.75, 3.05) is 13.7 Å². The van der Waals surface area contributed by atoms with Gasteiger partial charge in [0.15, 0.2) is 0 Å². The molecular formula is C32H39NO4. The molecule has 0 fully saturated rings. The molecule has 5 nitrogen and oxygen atoms in total. The van der Waals surface area contributed by atoms with Crippen LogP contribution in [0.15, 0.2) is 66.7 Å². The van der Waals surface area contributed by atoms with E-state index in [1.54, 1.807) is 12.1 Å². The fourth-order valence-electron chi connectivity index (χ4n) is 4.26. The molecule has 0 saturated carbocycles. The van der Waals surface area contributed by atoms with Crippen molar-refractivity contribution in [1.82, 2.24) is 5.32 Å². The Morgan fingerprint density at radius 2 is 1.51 bits per heavy atom. The average Bonchev–Trinajstić information content (AvgIpc) is 2.88. The van der Waals surface area contributed by atoms with Crippen molar-refractivity contribution in [2.45, 2.75) is 59.5 Å². The lowest BCUT2D eigenvalue weighted by atomic mass is 9.96. The van der Waals surface area contributed by atoms with Crippen LogP contribution in [0.4, 0.5) is 0 Å². The number of hydrogen-bond donors (Lipinski definition) is 1. The molecule has 0 spiro atoms. The van der Waals surface area contributed by atoms with Crippen LogP contribution in [0.25, 0.3) is 11.1 Å². The zero-order valence-electron chi connectivity index (χ0n) is 22.8. The van der Waals surface area contributed by atoms with Crippen LogP contribution in [-0.4, -0.2) is 25.5 Å². The Balaban J connectivity index is 1.72. The highest BCUT2D eigenvalue weighted by Crippen LogP contribution is 2.32. The number of ether oxygens (including phenoxy) is 2. The van der Waals surface area contributed by atoms with E-state index in [4.69, 9.17) is 4.74 Å². The molecule has 5 heteroatoms. The predicted molar refractivity (Wildman–Crippen MR) is 149 cm³/mol. The largest absolute Gasteiger partial charge is 0.486 e. The number of carbonyl (C=O) groups is 2. The van der Waals surface area contributed by atoms with Gasteiger partial charge in [0.25, 0.3) is 5.91 Å². The third-order valence-electron chi connectivity index (χ3n) is 6.44. The molecule has 196 valence electrons. The molecule has 0 heterocycles. The minimum absolute atomic E-state index is 0.132. The second kappa shape index (κ2) is 13.1. The first-order valence-corrected chi connectivity index (χ1v) is 13.0. The number of methoxy groups -OCH3 is 1. The van der Waals surface area contributed by atoms with E-state index >= 15 is 0 Å². The van der Waals surface area contributed by atoms with Gasteiger partial charge in [0.1, 0.15) is 11.9 Å². The summed E-state index contributed by atoms with van der Waals surface area (Å²) < 4.78 is 11.1. The Kier molecular flexibility index (Phi) is 9.90. The van der Waals surface area contributed by atoms with Gasteiger partial charge in [0, 0.05) is 12.1 Å². The molecule has 1 N–H and O–H groups in total. The fourth-order valence-corrected chi connectivity index (χ4v) is 4.26. The van der Waals surface area contributed by atoms with Crippen LogP contribution in [0, 0.1) is 12.8 Å². The number of esters is 1. The van der Waals surface area contributed by atoms with Crippen LogP contribution in [0.1, 0.15) is 79.6 Å². The first kappa shape index (κ1) is 28.0. The smallest absolute Gasteiger partial charge is 0.307 e. The molecule has 1 unspecified atom stereocenters. The lowest BCUT2D eigenvalue weighted by Gasteiger charge is -2.22. The quantitative estimate of drug-likeness (QED) is 0.281. The van der Waals surface area contributed by atoms with Crippen molar-refractivity contribution >= 4 is 11.9 Å². The van der Waals surface area contributed by atoms with Crippen LogP contribution in [0.3, 0.4) is 0 Å². The molecule has 3 aromatic carbocycles. The summed E-state index contributed by atoms with van der Waals surface area (Å²) in [5.41, 5.74) is 6.46. The van der Waals surface area contributed by atoms with E-state index in [-0.39, 0.29) is 30.9 Å². The number of hydrogen-bond acceptors (Lipinski definition) is 4. The Morgan fingerprint density at radius 3 is 2.08 bits per heavy atom. The minimum atomic E-state index is -0.350. The lowest BCUT2D eigenvalue weighted by molar-refractivity contribution is -0.140. The zero-order valence-corrected chi connectivity index (χ0v) is 22.8. The molecule has 0 aliphatic heterocycles. The number of carbonyl (C=O) groups excluding carboxylic acids is 2. The average molecular weight is 502 g/mol. The third-order valence-corrected chi connectivity index (χ3v) is 6.44. The second-order valence-corrected chi connectivity index (χ2v) is 10.2. The monoisotopic (exact) mass is 501 g/mol. The standard InChI is InChI=1S/C32H39NO4/c1-21(2)19-30(26-11-13-27(14-12-26)32(35)33-18-17-31(34)36-6)37-28-15-16-29(23(5)20-28)25-9-7-24(8-10-25)22(3)4/h7-16,20-22,30H,17-19H2,1-6H3,(H,33,35). The molecule has 1 atom stereocenters. The number of benzene rings is 3. The normalized spacial score (nSPS) is 11.9. The molecule has 37 heavy (non-hydrogen) atoms. The maximum absolute atomic E-state index is 12.4. The summed E-state index contributed by atoms with van der Waals surface area (Å²) in [7, 11) is 1.33. The summed E-state index contributed by atoms with van der Waals surface area (Å²) >= 11 is 0. The first-order chi connectivity index (χ1) is 17.7. The number of amides is 1. The maximum Gasteiger partial charge on any atom is 0.307 e. The van der Waals surface area contributed by atoms with Crippen molar-refractivity contribution in [1.29, 1.82) is 0 Å². The van der Waals surface area contributed by atoms with Gasteiger partial charge in [0.05, 0.1) is 13.5 Å². The van der Waals surface area contributed by atoms with Crippen LogP contribution >= 0.6 is 0 Å². The van der Waals surface area contributed by atoms with Gasteiger partial charge in [0.2, 0.25) is 0 Å². The van der Waals surface area contributed by atoms with Crippen molar-refractivity contribution in [3.05, 3.63) is 89.0 Å². The molecule has 0 bridgehead atoms. The van der Waals surface area contributed by atoms with Gasteiger partial charge < -0.3 is 14.8 Å². The molecule has 1 amide bonds. The van der Waals surface area contributed by atoms with Gasteiger partial charge in [-0.3, -0.25) is 9.59 Å². The Hall–Kier alpha value is -3.60. The Bertz CT molecular complexity index is 1180. The van der Waals surface area contributed by atoms with E-state index in [0.717, 1.165) is 23.3 Å². The summed E-state index contributed by atoms with van der Waals surface area (Å²) in [5, 5.41) is 2.75. The van der Waals surface area contributed by atoms with Crippen LogP contribution in [0.5, 0.6) is 5.75 Å². The SMILES string of the molecule is COC(=O)CCNC(=O)c1ccc(C(CC(C)C)Oc2ccc(-c3ccc(C(C)C)cc3)c(C)c2)cc1. The Labute approximate surface area is 221 Å². The van der Waals surface area contributed by atoms with Gasteiger partial charge in [-0.15, -0.1) is 0 Å². The minimum Gasteiger partial charge on any atom is -0.486 e. The van der Waals surface area contributed by atoms with E-state index < -0.39 is 0 Å². The summed E-state index contributed by atoms with van der Waals surface area (Å²) in [6, 6.07) is 22.5. The van der Waals surface area contributed by atoms with Gasteiger partial charge in [-0.1, -0.05) is 70.2 Å². The van der Waals surface area contributed by atoms with Crippen LogP contribution in [-0.2, 0) is 9.53 Å². The van der Waals surface area contributed by atoms with E-state index in [9.17, 15) is 9.59 Å². The summed E-state index contributed by atoms with van der Waals surface area (Å²) in [6.45, 7) is 11.1. The summed E-state index contributed by atoms with van der Waals surface area (Å²) in [6.07, 6.45) is 0.862. The van der Waals surface area contributed by atoms with Crippen LogP contribution < -0.4 is 10.1 Å². The highest BCUT2D eigenvalue weighted by Gasteiger charge is 2.17. The molecule has 3 rings (SSSR count). The van der Waals surface area contributed by atoms with Gasteiger partial charge in [-0.2, -0.15) is 0 Å². The predicted octanol–water partition coefficient (Wildman–Crippen LogP) is 7.24. The molecule has 0 aliphatic rings. The van der Waals surface area contributed by atoms with Crippen molar-refractivity contribution in [2.24, 2.45) is 5.92 Å². The molecule has 0 aliphatic carbocycles. The lowest BCUT2D eigenvalue weighted by Crippen LogP contribution is -2.26. The molecule has 0 radical (unpaired) electrons. The zero-order chi connectivity index (χ0) is 26.9. The van der Waals surface area contributed by atoms with Gasteiger partial charge in [-0.05, 0) is 77.3 Å². The fraction of sp³-hybridized carbons (Fsp3) is 0.375. The molecule has 0 aromatic heterocycles. The van der Waals surface area contributed by atoms with Gasteiger partial charge >= 0.3 is 5.97 Å². The topological polar surface area (TPSA) is 64.6 Å². The molecule has 3 aromatic rings. The van der Waals surface area contributed by atoms with Crippen molar-refractivity contribution < 1.29 is 19.1 Å². The maximum atomic E-state index is 12.4. The van der Waals surface area contributed by atoms with Crippen molar-refractivity contribution in [3.63, 3.8) is 0 Å². The number of rotatable bonds is 11. The highest BCUT2D eigenvalue weighted by molar-refractivity contribution is 5.94. The highest BCUT2D eigenvalue weighted by atomic mass is 16.5. The molecular weight excluding hydrogens is 462 g/mol. The number of nitrogens with one attached hydrogen (secondary N) is 1. The van der Waals surface area contributed by atoms with Crippen molar-refractivity contribution in [3.8, 4) is 16.9 Å². The van der Waals surface area contributed by atoms with Crippen LogP contribution in [0.2, 0.25) is 0 Å². The van der Waals surface area contributed by atoms with E-state index in [1.165, 1.54) is 23.8 Å². The number of aryl methyl sites for hydroxylation is 1. The summed E-state index contributed by atoms with van der Waals surface area (Å²) in [4.78, 5) is 23.7. The first-order valence-electron chi connectivity index (χ1n) is 13.0. The van der Waals surface area contributed by atoms with E-state index in [2.05, 4.69) is 81.1 Å². The van der Waals surface area contributed by atoms with E-state index in [1.807, 2.05) is 18.2 Å². The second-order valence-electron chi connectivity index (χ2n) is 10.2. The van der Waals surface area contributed by atoms with Gasteiger partial charge in [-0.25, -0.2) is 0 Å². The molecule has 0 saturated heterocycles. The Morgan fingerprint density at radius 1 is 0.865 bits per heavy atom.